The molecule has 0 aliphatic heterocycles. The number of nitrogens with zero attached hydrogens (tertiary/aromatic N) is 1. The first-order valence-corrected chi connectivity index (χ1v) is 16.5. The van der Waals surface area contributed by atoms with Gasteiger partial charge in [0.2, 0.25) is 0 Å². The molecule has 8 heteroatoms. The van der Waals surface area contributed by atoms with Gasteiger partial charge < -0.3 is 28.6 Å². The molecule has 0 rings (SSSR count). The lowest BCUT2D eigenvalue weighted by Gasteiger charge is -2.34. The summed E-state index contributed by atoms with van der Waals surface area (Å²) in [5.41, 5.74) is 0. The van der Waals surface area contributed by atoms with E-state index in [0.29, 0.717) is 12.8 Å². The van der Waals surface area contributed by atoms with Gasteiger partial charge in [-0.2, -0.15) is 0 Å². The lowest BCUT2D eigenvalue weighted by molar-refractivity contribution is -0.889. The van der Waals surface area contributed by atoms with Crippen molar-refractivity contribution in [3.05, 3.63) is 36.5 Å². The number of hydrogen-bond donors (Lipinski definition) is 0. The summed E-state index contributed by atoms with van der Waals surface area (Å²) in [5, 5.41) is 11.5. The predicted molar refractivity (Wildman–Crippen MR) is 171 cm³/mol. The van der Waals surface area contributed by atoms with Gasteiger partial charge in [0, 0.05) is 19.3 Å². The maximum Gasteiger partial charge on any atom is 0.306 e. The van der Waals surface area contributed by atoms with E-state index >= 15 is 0 Å². The molecule has 248 valence electrons. The standard InChI is InChI=1S/C35H61NO7/c1-6-8-10-12-14-16-17-18-20-21-23-25-33(37)42-30-31(29-41-28-27-32(35(39)40)36(3,4)5)43-34(38)26-24-22-19-15-13-11-9-7-2/h12,14,16-17,19,22,31-32H,6-11,13,15,18,20-21,23-30H2,1-5H3/b14-12+,17-16+,22-19+. The smallest absolute Gasteiger partial charge is 0.306 e. The zero-order valence-electron chi connectivity index (χ0n) is 27.9. The van der Waals surface area contributed by atoms with Crippen molar-refractivity contribution >= 4 is 17.9 Å². The molecule has 0 bridgehead atoms. The van der Waals surface area contributed by atoms with E-state index < -0.39 is 18.1 Å². The fourth-order valence-electron chi connectivity index (χ4n) is 4.36. The van der Waals surface area contributed by atoms with E-state index in [1.54, 1.807) is 21.1 Å². The van der Waals surface area contributed by atoms with Gasteiger partial charge in [0.15, 0.2) is 6.10 Å². The van der Waals surface area contributed by atoms with Gasteiger partial charge in [-0.15, -0.1) is 0 Å². The Bertz CT molecular complexity index is 813. The molecular weight excluding hydrogens is 546 g/mol. The fourth-order valence-corrected chi connectivity index (χ4v) is 4.36. The van der Waals surface area contributed by atoms with Crippen LogP contribution in [-0.2, 0) is 28.6 Å². The number of hydrogen-bond acceptors (Lipinski definition) is 7. The number of carboxylic acid groups (broad SMARTS) is 1. The van der Waals surface area contributed by atoms with Crippen LogP contribution in [0.2, 0.25) is 0 Å². The Kier molecular flexibility index (Phi) is 25.6. The minimum Gasteiger partial charge on any atom is -0.544 e. The maximum absolute atomic E-state index is 12.5. The summed E-state index contributed by atoms with van der Waals surface area (Å²) in [5.74, 6) is -1.85. The number of ether oxygens (including phenoxy) is 3. The van der Waals surface area contributed by atoms with E-state index in [1.165, 1.54) is 32.1 Å². The second-order valence-electron chi connectivity index (χ2n) is 12.1. The van der Waals surface area contributed by atoms with E-state index in [4.69, 9.17) is 14.2 Å². The lowest BCUT2D eigenvalue weighted by Crippen LogP contribution is -2.55. The highest BCUT2D eigenvalue weighted by atomic mass is 16.6. The summed E-state index contributed by atoms with van der Waals surface area (Å²) in [4.78, 5) is 36.3. The molecule has 2 unspecified atom stereocenters. The zero-order chi connectivity index (χ0) is 32.2. The van der Waals surface area contributed by atoms with Gasteiger partial charge in [-0.1, -0.05) is 88.8 Å². The van der Waals surface area contributed by atoms with Crippen LogP contribution in [0, 0.1) is 0 Å². The molecule has 0 aromatic carbocycles. The summed E-state index contributed by atoms with van der Waals surface area (Å²) in [7, 11) is 5.36. The van der Waals surface area contributed by atoms with Gasteiger partial charge in [0.1, 0.15) is 12.6 Å². The SMILES string of the molecule is CCCC/C=C/C=C/CCCCCC(=O)OCC(COCCC(C(=O)[O-])[N+](C)(C)C)OC(=O)CC/C=C/CCCCCC. The number of carboxylic acids is 1. The average molecular weight is 608 g/mol. The molecule has 8 nitrogen and oxygen atoms in total. The van der Waals surface area contributed by atoms with Gasteiger partial charge in [-0.05, 0) is 44.9 Å². The number of carbonyl (C=O) groups is 3. The summed E-state index contributed by atoms with van der Waals surface area (Å²) < 4.78 is 16.9. The normalized spacial score (nSPS) is 13.6. The highest BCUT2D eigenvalue weighted by Gasteiger charge is 2.25. The van der Waals surface area contributed by atoms with Gasteiger partial charge in [-0.3, -0.25) is 9.59 Å². The Morgan fingerprint density at radius 3 is 1.93 bits per heavy atom. The number of likely N-dealkylation sites (N-methyl/N-ethyl adjacent to an activating group) is 1. The molecular formula is C35H61NO7. The Hall–Kier alpha value is -2.45. The molecule has 0 spiro atoms. The third-order valence-corrected chi connectivity index (χ3v) is 7.04. The summed E-state index contributed by atoms with van der Waals surface area (Å²) in [6.07, 6.45) is 26.3. The Balaban J connectivity index is 4.58. The quantitative estimate of drug-likeness (QED) is 0.0341. The molecule has 0 saturated carbocycles. The molecule has 0 aliphatic carbocycles. The van der Waals surface area contributed by atoms with Crippen molar-refractivity contribution < 1.29 is 38.2 Å². The first-order chi connectivity index (χ1) is 20.6. The molecule has 0 aromatic heterocycles. The van der Waals surface area contributed by atoms with Crippen molar-refractivity contribution in [1.82, 2.24) is 0 Å². The lowest BCUT2D eigenvalue weighted by atomic mass is 10.1. The first kappa shape index (κ1) is 40.5. The molecule has 43 heavy (non-hydrogen) atoms. The van der Waals surface area contributed by atoms with E-state index in [1.807, 2.05) is 6.08 Å². The number of rotatable bonds is 28. The van der Waals surface area contributed by atoms with Crippen LogP contribution in [0.1, 0.15) is 117 Å². The largest absolute Gasteiger partial charge is 0.544 e. The van der Waals surface area contributed by atoms with Gasteiger partial charge in [-0.25, -0.2) is 0 Å². The summed E-state index contributed by atoms with van der Waals surface area (Å²) in [6.45, 7) is 4.45. The van der Waals surface area contributed by atoms with E-state index in [9.17, 15) is 19.5 Å². The number of carbonyl (C=O) groups excluding carboxylic acids is 3. The second-order valence-corrected chi connectivity index (χ2v) is 12.1. The summed E-state index contributed by atoms with van der Waals surface area (Å²) >= 11 is 0. The zero-order valence-corrected chi connectivity index (χ0v) is 27.9. The Morgan fingerprint density at radius 1 is 0.698 bits per heavy atom. The van der Waals surface area contributed by atoms with Crippen LogP contribution in [0.4, 0.5) is 0 Å². The van der Waals surface area contributed by atoms with Crippen LogP contribution in [0.15, 0.2) is 36.5 Å². The van der Waals surface area contributed by atoms with Crippen molar-refractivity contribution in [3.8, 4) is 0 Å². The van der Waals surface area contributed by atoms with Crippen LogP contribution in [-0.4, -0.2) is 75.5 Å². The van der Waals surface area contributed by atoms with Crippen LogP contribution >= 0.6 is 0 Å². The van der Waals surface area contributed by atoms with Crippen LogP contribution < -0.4 is 5.11 Å². The maximum atomic E-state index is 12.5. The van der Waals surface area contributed by atoms with Crippen molar-refractivity contribution in [1.29, 1.82) is 0 Å². The van der Waals surface area contributed by atoms with Crippen molar-refractivity contribution in [2.75, 3.05) is 41.0 Å². The number of unbranched alkanes of at least 4 members (excludes halogenated alkanes) is 9. The van der Waals surface area contributed by atoms with Gasteiger partial charge >= 0.3 is 11.9 Å². The molecule has 0 fully saturated rings. The number of esters is 2. The monoisotopic (exact) mass is 607 g/mol. The van der Waals surface area contributed by atoms with Crippen LogP contribution in [0.3, 0.4) is 0 Å². The van der Waals surface area contributed by atoms with Gasteiger partial charge in [0.25, 0.3) is 0 Å². The highest BCUT2D eigenvalue weighted by molar-refractivity contribution is 5.70. The van der Waals surface area contributed by atoms with Crippen LogP contribution in [0.25, 0.3) is 0 Å². The first-order valence-electron chi connectivity index (χ1n) is 16.5. The molecule has 0 radical (unpaired) electrons. The Morgan fingerprint density at radius 2 is 1.30 bits per heavy atom. The highest BCUT2D eigenvalue weighted by Crippen LogP contribution is 2.10. The number of allylic oxidation sites excluding steroid dienone is 6. The predicted octanol–water partition coefficient (Wildman–Crippen LogP) is 6.23. The third-order valence-electron chi connectivity index (χ3n) is 7.04. The van der Waals surface area contributed by atoms with E-state index in [0.717, 1.165) is 44.9 Å². The molecule has 0 N–H and O–H groups in total. The molecule has 2 atom stereocenters. The molecule has 0 saturated heterocycles. The second kappa shape index (κ2) is 27.1. The Labute approximate surface area is 262 Å². The van der Waals surface area contributed by atoms with Crippen molar-refractivity contribution in [2.45, 2.75) is 129 Å². The fraction of sp³-hybridized carbons (Fsp3) is 0.743. The van der Waals surface area contributed by atoms with Crippen molar-refractivity contribution in [2.24, 2.45) is 0 Å². The topological polar surface area (TPSA) is 102 Å². The van der Waals surface area contributed by atoms with Crippen molar-refractivity contribution in [3.63, 3.8) is 0 Å². The van der Waals surface area contributed by atoms with E-state index in [-0.39, 0.29) is 49.1 Å². The van der Waals surface area contributed by atoms with Crippen LogP contribution in [0.5, 0.6) is 0 Å². The minimum atomic E-state index is -1.14. The number of quaternary nitrogens is 1. The molecule has 0 aromatic rings. The molecule has 0 amide bonds. The number of aliphatic carboxylic acids is 1. The van der Waals surface area contributed by atoms with Gasteiger partial charge in [0.05, 0.1) is 40.3 Å². The van der Waals surface area contributed by atoms with E-state index in [2.05, 4.69) is 44.2 Å². The molecule has 0 aliphatic rings. The summed E-state index contributed by atoms with van der Waals surface area (Å²) in [6, 6.07) is -0.731. The average Bonchev–Trinajstić information content (AvgIpc) is 2.94. The third kappa shape index (κ3) is 25.7. The molecule has 0 heterocycles. The minimum absolute atomic E-state index is 0.0163.